The van der Waals surface area contributed by atoms with E-state index in [1.165, 1.54) is 11.3 Å². The predicted molar refractivity (Wildman–Crippen MR) is 131 cm³/mol. The number of rotatable bonds is 6. The number of aryl methyl sites for hydroxylation is 1. The van der Waals surface area contributed by atoms with Gasteiger partial charge in [0.1, 0.15) is 11.4 Å². The molecule has 0 spiro atoms. The lowest BCUT2D eigenvalue weighted by atomic mass is 10.0. The molecular formula is C21H25ClIN5O2S. The van der Waals surface area contributed by atoms with Crippen molar-refractivity contribution in [1.82, 2.24) is 24.9 Å². The first-order chi connectivity index (χ1) is 14.8. The van der Waals surface area contributed by atoms with E-state index in [-0.39, 0.29) is 11.9 Å². The molecule has 1 saturated heterocycles. The second-order valence-corrected chi connectivity index (χ2v) is 10.7. The standard InChI is InChI=1S/C21H25ClIN5O2S/c1-12(2)27-8-6-14(7-9-27)25-20(29)19-13(3)24-21(23)28(19)11-15-10-16(30-26-15)17-4-5-18(22)31-17/h4-5,10,12,14H,6-9,11H2,1-3H3,(H,25,29). The number of hydrogen-bond acceptors (Lipinski definition) is 6. The Morgan fingerprint density at radius 2 is 2.13 bits per heavy atom. The number of carbonyl (C=O) groups excluding carboxylic acids is 1. The Bertz CT molecular complexity index is 1070. The third-order valence-corrected chi connectivity index (χ3v) is 7.67. The minimum Gasteiger partial charge on any atom is -0.355 e. The lowest BCUT2D eigenvalue weighted by Gasteiger charge is -2.34. The molecule has 4 heterocycles. The molecule has 1 fully saturated rings. The molecule has 166 valence electrons. The van der Waals surface area contributed by atoms with Gasteiger partial charge in [-0.2, -0.15) is 0 Å². The van der Waals surface area contributed by atoms with Crippen LogP contribution in [-0.4, -0.2) is 50.7 Å². The highest BCUT2D eigenvalue weighted by molar-refractivity contribution is 14.1. The fraction of sp³-hybridized carbons (Fsp3) is 0.476. The van der Waals surface area contributed by atoms with Gasteiger partial charge >= 0.3 is 0 Å². The summed E-state index contributed by atoms with van der Waals surface area (Å²) >= 11 is 9.63. The molecule has 0 bridgehead atoms. The zero-order valence-corrected chi connectivity index (χ0v) is 21.4. The third kappa shape index (κ3) is 5.15. The minimum atomic E-state index is -0.0790. The van der Waals surface area contributed by atoms with Gasteiger partial charge in [-0.05, 0) is 68.3 Å². The summed E-state index contributed by atoms with van der Waals surface area (Å²) in [6, 6.07) is 6.35. The van der Waals surface area contributed by atoms with Gasteiger partial charge in [-0.1, -0.05) is 16.8 Å². The molecule has 1 amide bonds. The van der Waals surface area contributed by atoms with Crippen molar-refractivity contribution in [3.05, 3.63) is 43.4 Å². The molecular weight excluding hydrogens is 549 g/mol. The SMILES string of the molecule is Cc1nc(I)n(Cc2cc(-c3ccc(Cl)s3)on2)c1C(=O)NC1CCN(C(C)C)CC1. The molecule has 3 aromatic rings. The number of amides is 1. The van der Waals surface area contributed by atoms with Gasteiger partial charge in [0.2, 0.25) is 0 Å². The van der Waals surface area contributed by atoms with Crippen LogP contribution in [0.3, 0.4) is 0 Å². The van der Waals surface area contributed by atoms with Crippen molar-refractivity contribution < 1.29 is 9.32 Å². The van der Waals surface area contributed by atoms with Crippen molar-refractivity contribution in [2.75, 3.05) is 13.1 Å². The van der Waals surface area contributed by atoms with Crippen LogP contribution < -0.4 is 5.32 Å². The molecule has 1 aliphatic heterocycles. The number of carbonyl (C=O) groups is 1. The summed E-state index contributed by atoms with van der Waals surface area (Å²) in [6.07, 6.45) is 1.93. The second-order valence-electron chi connectivity index (χ2n) is 8.06. The van der Waals surface area contributed by atoms with E-state index in [9.17, 15) is 4.79 Å². The second kappa shape index (κ2) is 9.60. The highest BCUT2D eigenvalue weighted by Crippen LogP contribution is 2.31. The van der Waals surface area contributed by atoms with E-state index >= 15 is 0 Å². The van der Waals surface area contributed by atoms with Crippen molar-refractivity contribution in [2.45, 2.75) is 52.2 Å². The number of likely N-dealkylation sites (tertiary alicyclic amines) is 1. The van der Waals surface area contributed by atoms with E-state index in [4.69, 9.17) is 16.1 Å². The van der Waals surface area contributed by atoms with E-state index in [0.29, 0.717) is 28.4 Å². The molecule has 31 heavy (non-hydrogen) atoms. The van der Waals surface area contributed by atoms with E-state index in [0.717, 1.165) is 46.0 Å². The van der Waals surface area contributed by atoms with Gasteiger partial charge in [0.15, 0.2) is 9.59 Å². The van der Waals surface area contributed by atoms with Gasteiger partial charge in [-0.25, -0.2) is 4.98 Å². The van der Waals surface area contributed by atoms with Gasteiger partial charge in [-0.3, -0.25) is 4.79 Å². The highest BCUT2D eigenvalue weighted by atomic mass is 127. The van der Waals surface area contributed by atoms with Crippen molar-refractivity contribution in [3.63, 3.8) is 0 Å². The number of piperidine rings is 1. The largest absolute Gasteiger partial charge is 0.355 e. The van der Waals surface area contributed by atoms with Crippen LogP contribution in [0.1, 0.15) is 48.6 Å². The van der Waals surface area contributed by atoms with Gasteiger partial charge in [0.25, 0.3) is 5.91 Å². The lowest BCUT2D eigenvalue weighted by Crippen LogP contribution is -2.47. The predicted octanol–water partition coefficient (Wildman–Crippen LogP) is 4.82. The molecule has 3 aromatic heterocycles. The molecule has 1 N–H and O–H groups in total. The number of hydrogen-bond donors (Lipinski definition) is 1. The van der Waals surface area contributed by atoms with Crippen LogP contribution in [0.2, 0.25) is 4.34 Å². The van der Waals surface area contributed by atoms with Crippen LogP contribution in [0, 0.1) is 10.8 Å². The first kappa shape index (κ1) is 22.8. The zero-order valence-electron chi connectivity index (χ0n) is 17.7. The summed E-state index contributed by atoms with van der Waals surface area (Å²) in [5.74, 6) is 0.589. The maximum atomic E-state index is 13.2. The molecule has 4 rings (SSSR count). The number of thiophene rings is 1. The van der Waals surface area contributed by atoms with Gasteiger partial charge in [0.05, 0.1) is 21.5 Å². The molecule has 0 aromatic carbocycles. The minimum absolute atomic E-state index is 0.0790. The molecule has 0 aliphatic carbocycles. The Kier molecular flexibility index (Phi) is 7.04. The maximum absolute atomic E-state index is 13.2. The Morgan fingerprint density at radius 3 is 2.77 bits per heavy atom. The van der Waals surface area contributed by atoms with Crippen molar-refractivity contribution >= 4 is 51.4 Å². The molecule has 7 nitrogen and oxygen atoms in total. The summed E-state index contributed by atoms with van der Waals surface area (Å²) in [5.41, 5.74) is 2.03. The van der Waals surface area contributed by atoms with E-state index in [1.807, 2.05) is 29.7 Å². The Labute approximate surface area is 204 Å². The summed E-state index contributed by atoms with van der Waals surface area (Å²) in [4.78, 5) is 21.1. The van der Waals surface area contributed by atoms with Crippen LogP contribution in [0.15, 0.2) is 22.7 Å². The van der Waals surface area contributed by atoms with E-state index < -0.39 is 0 Å². The normalized spacial score (nSPS) is 15.7. The Morgan fingerprint density at radius 1 is 1.39 bits per heavy atom. The highest BCUT2D eigenvalue weighted by Gasteiger charge is 2.26. The topological polar surface area (TPSA) is 76.2 Å². The zero-order chi connectivity index (χ0) is 22.1. The number of nitrogens with zero attached hydrogens (tertiary/aromatic N) is 4. The van der Waals surface area contributed by atoms with Crippen molar-refractivity contribution in [3.8, 4) is 10.6 Å². The molecule has 0 radical (unpaired) electrons. The lowest BCUT2D eigenvalue weighted by molar-refractivity contribution is 0.0891. The Hall–Kier alpha value is -1.43. The van der Waals surface area contributed by atoms with Crippen LogP contribution in [0.4, 0.5) is 0 Å². The maximum Gasteiger partial charge on any atom is 0.270 e. The van der Waals surface area contributed by atoms with E-state index in [1.54, 1.807) is 0 Å². The fourth-order valence-corrected chi connectivity index (χ4v) is 5.66. The fourth-order valence-electron chi connectivity index (χ4n) is 3.90. The quantitative estimate of drug-likeness (QED) is 0.428. The molecule has 1 aliphatic rings. The number of nitrogens with one attached hydrogen (secondary N) is 1. The average molecular weight is 574 g/mol. The van der Waals surface area contributed by atoms with Crippen LogP contribution >= 0.6 is 45.5 Å². The number of imidazole rings is 1. The number of aromatic nitrogens is 3. The van der Waals surface area contributed by atoms with Gasteiger partial charge < -0.3 is 19.3 Å². The van der Waals surface area contributed by atoms with Crippen LogP contribution in [0.5, 0.6) is 0 Å². The molecule has 0 unspecified atom stereocenters. The summed E-state index contributed by atoms with van der Waals surface area (Å²) in [7, 11) is 0. The summed E-state index contributed by atoms with van der Waals surface area (Å²) in [6.45, 7) is 8.73. The first-order valence-corrected chi connectivity index (χ1v) is 12.6. The Balaban J connectivity index is 1.48. The smallest absolute Gasteiger partial charge is 0.270 e. The van der Waals surface area contributed by atoms with Crippen molar-refractivity contribution in [1.29, 1.82) is 0 Å². The number of halogens is 2. The van der Waals surface area contributed by atoms with Crippen molar-refractivity contribution in [2.24, 2.45) is 0 Å². The summed E-state index contributed by atoms with van der Waals surface area (Å²) in [5, 5.41) is 7.41. The average Bonchev–Trinajstić information content (AvgIpc) is 3.42. The van der Waals surface area contributed by atoms with Crippen LogP contribution in [-0.2, 0) is 6.54 Å². The van der Waals surface area contributed by atoms with Gasteiger partial charge in [-0.15, -0.1) is 11.3 Å². The summed E-state index contributed by atoms with van der Waals surface area (Å²) < 4.78 is 8.84. The molecule has 0 saturated carbocycles. The van der Waals surface area contributed by atoms with Gasteiger partial charge in [0, 0.05) is 31.2 Å². The van der Waals surface area contributed by atoms with E-state index in [2.05, 4.69) is 56.8 Å². The third-order valence-electron chi connectivity index (χ3n) is 5.60. The van der Waals surface area contributed by atoms with Crippen LogP contribution in [0.25, 0.3) is 10.6 Å². The molecule has 0 atom stereocenters. The monoisotopic (exact) mass is 573 g/mol. The first-order valence-electron chi connectivity index (χ1n) is 10.3. The molecule has 10 heteroatoms.